The number of piperazine rings is 1. The summed E-state index contributed by atoms with van der Waals surface area (Å²) in [6, 6.07) is 13.4. The van der Waals surface area contributed by atoms with E-state index >= 15 is 4.39 Å². The van der Waals surface area contributed by atoms with Gasteiger partial charge in [-0.1, -0.05) is 18.2 Å². The Kier molecular flexibility index (Phi) is 5.52. The van der Waals surface area contributed by atoms with Gasteiger partial charge in [-0.05, 0) is 44.2 Å². The average Bonchev–Trinajstić information content (AvgIpc) is 3.30. The molecule has 9 nitrogen and oxygen atoms in total. The minimum Gasteiger partial charge on any atom is -0.382 e. The number of halogens is 1. The number of nitrogen functional groups attached to an aromatic ring is 1. The minimum absolute atomic E-state index is 0.229. The summed E-state index contributed by atoms with van der Waals surface area (Å²) in [6.07, 6.45) is 5.14. The van der Waals surface area contributed by atoms with Crippen molar-refractivity contribution in [1.29, 1.82) is 0 Å². The van der Waals surface area contributed by atoms with Crippen molar-refractivity contribution in [1.82, 2.24) is 39.3 Å². The maximum atomic E-state index is 16.1. The van der Waals surface area contributed by atoms with Gasteiger partial charge in [-0.2, -0.15) is 5.10 Å². The highest BCUT2D eigenvalue weighted by molar-refractivity contribution is 5.91. The number of anilines is 1. The van der Waals surface area contributed by atoms with Crippen molar-refractivity contribution < 1.29 is 4.39 Å². The van der Waals surface area contributed by atoms with Gasteiger partial charge >= 0.3 is 0 Å². The van der Waals surface area contributed by atoms with Crippen LogP contribution in [0.25, 0.3) is 39.1 Å². The quantitative estimate of drug-likeness (QED) is 0.392. The number of imidazole rings is 1. The van der Waals surface area contributed by atoms with E-state index in [4.69, 9.17) is 10.7 Å². The standard InChI is InChI=1S/C28H28FN9/c1-36-10-12-37(13-11-36)19-14-18(15-19)28-35-25(26-27(30)32-16-33-38(26)28)20-7-5-17-6-8-22(34-24(17)23(20)29)21-4-2-3-9-31-21/h2-9,16,18-19H,10-15H2,1H3,(H2,30,32,33). The molecule has 5 heterocycles. The molecule has 4 aromatic heterocycles. The molecule has 1 aliphatic carbocycles. The van der Waals surface area contributed by atoms with Crippen LogP contribution in [0.4, 0.5) is 10.2 Å². The van der Waals surface area contributed by atoms with Crippen molar-refractivity contribution in [3.05, 3.63) is 66.6 Å². The Morgan fingerprint density at radius 3 is 2.53 bits per heavy atom. The van der Waals surface area contributed by atoms with E-state index in [1.54, 1.807) is 16.8 Å². The smallest absolute Gasteiger partial charge is 0.158 e. The third-order valence-corrected chi connectivity index (χ3v) is 8.00. The molecule has 2 fully saturated rings. The highest BCUT2D eigenvalue weighted by Crippen LogP contribution is 2.42. The monoisotopic (exact) mass is 509 g/mol. The summed E-state index contributed by atoms with van der Waals surface area (Å²) in [5, 5.41) is 5.18. The fourth-order valence-electron chi connectivity index (χ4n) is 5.71. The molecule has 1 saturated carbocycles. The van der Waals surface area contributed by atoms with E-state index in [-0.39, 0.29) is 17.3 Å². The van der Waals surface area contributed by atoms with Gasteiger partial charge in [0.15, 0.2) is 11.6 Å². The fourth-order valence-corrected chi connectivity index (χ4v) is 5.71. The number of fused-ring (bicyclic) bond motifs is 2. The lowest BCUT2D eigenvalue weighted by Crippen LogP contribution is -2.52. The summed E-state index contributed by atoms with van der Waals surface area (Å²) in [7, 11) is 2.17. The molecule has 2 aliphatic rings. The van der Waals surface area contributed by atoms with Crippen LogP contribution in [-0.2, 0) is 0 Å². The first-order valence-electron chi connectivity index (χ1n) is 13.0. The third-order valence-electron chi connectivity index (χ3n) is 8.00. The number of benzene rings is 1. The second-order valence-corrected chi connectivity index (χ2v) is 10.3. The number of nitrogens with zero attached hydrogens (tertiary/aromatic N) is 8. The van der Waals surface area contributed by atoms with Gasteiger partial charge in [0.1, 0.15) is 28.9 Å². The van der Waals surface area contributed by atoms with Gasteiger partial charge < -0.3 is 10.6 Å². The van der Waals surface area contributed by atoms with Gasteiger partial charge in [-0.15, -0.1) is 0 Å². The molecule has 0 amide bonds. The van der Waals surface area contributed by atoms with Crippen LogP contribution in [0.2, 0.25) is 0 Å². The van der Waals surface area contributed by atoms with Crippen molar-refractivity contribution in [2.45, 2.75) is 24.8 Å². The first-order valence-corrected chi connectivity index (χ1v) is 13.0. The van der Waals surface area contributed by atoms with Crippen LogP contribution >= 0.6 is 0 Å². The number of rotatable bonds is 4. The maximum Gasteiger partial charge on any atom is 0.158 e. The van der Waals surface area contributed by atoms with Crippen molar-refractivity contribution >= 4 is 22.2 Å². The average molecular weight is 510 g/mol. The van der Waals surface area contributed by atoms with Gasteiger partial charge in [-0.25, -0.2) is 23.9 Å². The molecular weight excluding hydrogens is 481 g/mol. The van der Waals surface area contributed by atoms with E-state index < -0.39 is 5.82 Å². The predicted molar refractivity (Wildman–Crippen MR) is 144 cm³/mol. The maximum absolute atomic E-state index is 16.1. The van der Waals surface area contributed by atoms with E-state index in [2.05, 4.69) is 36.9 Å². The second kappa shape index (κ2) is 9.07. The molecule has 38 heavy (non-hydrogen) atoms. The van der Waals surface area contributed by atoms with Crippen LogP contribution in [0, 0.1) is 5.82 Å². The van der Waals surface area contributed by atoms with Crippen molar-refractivity contribution in [2.75, 3.05) is 39.0 Å². The molecule has 0 spiro atoms. The summed E-state index contributed by atoms with van der Waals surface area (Å²) >= 11 is 0. The summed E-state index contributed by atoms with van der Waals surface area (Å²) in [5.41, 5.74) is 9.20. The van der Waals surface area contributed by atoms with Crippen molar-refractivity contribution in [3.63, 3.8) is 0 Å². The molecule has 1 aliphatic heterocycles. The second-order valence-electron chi connectivity index (χ2n) is 10.3. The Bertz CT molecular complexity index is 1640. The largest absolute Gasteiger partial charge is 0.382 e. The Labute approximate surface area is 219 Å². The topological polar surface area (TPSA) is 101 Å². The molecule has 1 aromatic carbocycles. The third kappa shape index (κ3) is 3.79. The lowest BCUT2D eigenvalue weighted by Gasteiger charge is -2.45. The highest BCUT2D eigenvalue weighted by atomic mass is 19.1. The highest BCUT2D eigenvalue weighted by Gasteiger charge is 2.38. The Balaban J connectivity index is 1.28. The number of hydrogen-bond donors (Lipinski definition) is 1. The first-order chi connectivity index (χ1) is 18.6. The number of hydrogen-bond acceptors (Lipinski definition) is 8. The molecule has 7 rings (SSSR count). The molecular formula is C28H28FN9. The van der Waals surface area contributed by atoms with E-state index in [1.807, 2.05) is 36.4 Å². The van der Waals surface area contributed by atoms with Gasteiger partial charge in [0.2, 0.25) is 0 Å². The van der Waals surface area contributed by atoms with Gasteiger partial charge in [0.05, 0.1) is 11.4 Å². The first kappa shape index (κ1) is 23.1. The van der Waals surface area contributed by atoms with Crippen LogP contribution in [0.5, 0.6) is 0 Å². The summed E-state index contributed by atoms with van der Waals surface area (Å²) < 4.78 is 17.9. The molecule has 192 valence electrons. The molecule has 1 saturated heterocycles. The molecule has 0 bridgehead atoms. The zero-order valence-corrected chi connectivity index (χ0v) is 21.1. The Hall–Kier alpha value is -4.02. The lowest BCUT2D eigenvalue weighted by atomic mass is 9.78. The molecule has 0 atom stereocenters. The normalized spacial score (nSPS) is 20.7. The zero-order valence-electron chi connectivity index (χ0n) is 21.1. The Morgan fingerprint density at radius 2 is 1.74 bits per heavy atom. The van der Waals surface area contributed by atoms with E-state index in [0.717, 1.165) is 44.8 Å². The lowest BCUT2D eigenvalue weighted by molar-refractivity contribution is 0.0584. The number of pyridine rings is 2. The molecule has 5 aromatic rings. The van der Waals surface area contributed by atoms with Gasteiger partial charge in [-0.3, -0.25) is 9.88 Å². The van der Waals surface area contributed by atoms with Crippen LogP contribution in [0.15, 0.2) is 55.0 Å². The number of nitrogens with two attached hydrogens (primary N) is 1. The fraction of sp³-hybridized carbons (Fsp3) is 0.321. The van der Waals surface area contributed by atoms with Crippen LogP contribution in [0.3, 0.4) is 0 Å². The SMILES string of the molecule is CN1CCN(C2CC(c3nc(-c4ccc5ccc(-c6ccccn6)nc5c4F)c4c(N)ncnn34)C2)CC1. The summed E-state index contributed by atoms with van der Waals surface area (Å²) in [5.74, 6) is 0.870. The van der Waals surface area contributed by atoms with Gasteiger partial charge in [0, 0.05) is 55.3 Å². The Morgan fingerprint density at radius 1 is 0.921 bits per heavy atom. The number of likely N-dealkylation sites (N-methyl/N-ethyl adjacent to an activating group) is 1. The molecule has 2 N–H and O–H groups in total. The van der Waals surface area contributed by atoms with Crippen molar-refractivity contribution in [3.8, 4) is 22.6 Å². The van der Waals surface area contributed by atoms with Crippen LogP contribution < -0.4 is 5.73 Å². The van der Waals surface area contributed by atoms with Gasteiger partial charge in [0.25, 0.3) is 0 Å². The van der Waals surface area contributed by atoms with Crippen LogP contribution in [0.1, 0.15) is 24.6 Å². The summed E-state index contributed by atoms with van der Waals surface area (Å²) in [6.45, 7) is 4.37. The van der Waals surface area contributed by atoms with Crippen molar-refractivity contribution in [2.24, 2.45) is 0 Å². The van der Waals surface area contributed by atoms with Crippen LogP contribution in [-0.4, -0.2) is 78.6 Å². The molecule has 10 heteroatoms. The molecule has 0 unspecified atom stereocenters. The predicted octanol–water partition coefficient (Wildman–Crippen LogP) is 3.62. The molecule has 0 radical (unpaired) electrons. The van der Waals surface area contributed by atoms with E-state index in [9.17, 15) is 0 Å². The number of aromatic nitrogens is 6. The minimum atomic E-state index is -0.445. The zero-order chi connectivity index (χ0) is 25.8. The summed E-state index contributed by atoms with van der Waals surface area (Å²) in [4.78, 5) is 23.1. The van der Waals surface area contributed by atoms with E-state index in [1.165, 1.54) is 6.33 Å². The van der Waals surface area contributed by atoms with E-state index in [0.29, 0.717) is 39.6 Å².